The molecule has 0 bridgehead atoms. The third-order valence-electron chi connectivity index (χ3n) is 13.6. The molecule has 0 atom stereocenters. The minimum absolute atomic E-state index is 0.272. The minimum Gasteiger partial charge on any atom is -0.233 e. The van der Waals surface area contributed by atoms with E-state index in [1.807, 2.05) is 0 Å². The molecule has 0 N–H and O–H groups in total. The van der Waals surface area contributed by atoms with E-state index >= 15 is 0 Å². The van der Waals surface area contributed by atoms with Crippen LogP contribution < -0.4 is 10.4 Å². The Morgan fingerprint density at radius 1 is 0.456 bits per heavy atom. The lowest BCUT2D eigenvalue weighted by atomic mass is 9.77. The van der Waals surface area contributed by atoms with Gasteiger partial charge in [-0.05, 0) is 104 Å². The van der Waals surface area contributed by atoms with Gasteiger partial charge >= 0.3 is 0 Å². The van der Waals surface area contributed by atoms with Gasteiger partial charge in [0.1, 0.15) is 0 Å². The van der Waals surface area contributed by atoms with Crippen molar-refractivity contribution >= 4 is 39.8 Å². The van der Waals surface area contributed by atoms with Gasteiger partial charge in [0.05, 0.1) is 17.1 Å². The third kappa shape index (κ3) is 8.69. The average Bonchev–Trinajstić information content (AvgIpc) is 3.40. The molecule has 0 amide bonds. The smallest absolute Gasteiger partial charge is 0.160 e. The van der Waals surface area contributed by atoms with E-state index in [-0.39, 0.29) is 5.41 Å². The van der Waals surface area contributed by atoms with Crippen LogP contribution in [0, 0.1) is 0 Å². The summed E-state index contributed by atoms with van der Waals surface area (Å²) in [5.74, 6) is 1.46. The summed E-state index contributed by atoms with van der Waals surface area (Å²) in [6.45, 7) is 6.78. The van der Waals surface area contributed by atoms with Crippen molar-refractivity contribution in [1.29, 1.82) is 0 Å². The molecule has 2 aromatic heterocycles. The van der Waals surface area contributed by atoms with Crippen LogP contribution in [0.4, 0.5) is 0 Å². The molecule has 328 valence electrons. The van der Waals surface area contributed by atoms with E-state index in [1.165, 1.54) is 54.2 Å². The van der Waals surface area contributed by atoms with Crippen LogP contribution in [0.25, 0.3) is 96.3 Å². The van der Waals surface area contributed by atoms with Gasteiger partial charge in [-0.25, -0.2) is 19.9 Å². The average molecular weight is 877 g/mol. The quantitative estimate of drug-likeness (QED) is 0.137. The van der Waals surface area contributed by atoms with E-state index in [0.717, 1.165) is 81.5 Å². The van der Waals surface area contributed by atoms with Gasteiger partial charge in [-0.1, -0.05) is 203 Å². The first-order valence-electron chi connectivity index (χ1n) is 23.9. The number of aryl methyl sites for hydroxylation is 1. The Morgan fingerprint density at radius 2 is 0.956 bits per heavy atom. The van der Waals surface area contributed by atoms with Crippen molar-refractivity contribution in [1.82, 2.24) is 19.9 Å². The Bertz CT molecular complexity index is 3660. The summed E-state index contributed by atoms with van der Waals surface area (Å²) < 4.78 is 0. The molecule has 0 fully saturated rings. The molecule has 0 spiro atoms. The van der Waals surface area contributed by atoms with E-state index in [1.54, 1.807) is 0 Å². The van der Waals surface area contributed by atoms with Crippen molar-refractivity contribution in [3.05, 3.63) is 233 Å². The zero-order chi connectivity index (χ0) is 46.0. The summed E-state index contributed by atoms with van der Waals surface area (Å²) >= 11 is 0. The molecule has 4 heteroatoms. The second kappa shape index (κ2) is 18.3. The van der Waals surface area contributed by atoms with Gasteiger partial charge in [-0.15, -0.1) is 0 Å². The number of fused-ring (bicyclic) bond motifs is 3. The summed E-state index contributed by atoms with van der Waals surface area (Å²) in [4.78, 5) is 20.8. The Kier molecular flexibility index (Phi) is 11.5. The molecule has 8 aromatic carbocycles. The maximum absolute atomic E-state index is 5.23. The fourth-order valence-electron chi connectivity index (χ4n) is 9.59. The maximum Gasteiger partial charge on any atom is 0.160 e. The van der Waals surface area contributed by atoms with Crippen LogP contribution in [-0.2, 0) is 18.3 Å². The number of hydrogen-bond donors (Lipinski definition) is 0. The van der Waals surface area contributed by atoms with Crippen LogP contribution in [0.1, 0.15) is 61.6 Å². The van der Waals surface area contributed by atoms with Crippen molar-refractivity contribution in [3.63, 3.8) is 0 Å². The van der Waals surface area contributed by atoms with Gasteiger partial charge in [-0.2, -0.15) is 0 Å². The molecule has 1 aliphatic carbocycles. The second-order valence-electron chi connectivity index (χ2n) is 18.4. The first-order chi connectivity index (χ1) is 33.3. The molecule has 11 rings (SSSR count). The van der Waals surface area contributed by atoms with E-state index in [4.69, 9.17) is 19.9 Å². The van der Waals surface area contributed by atoms with Crippen LogP contribution in [0.5, 0.6) is 0 Å². The Morgan fingerprint density at radius 3 is 1.60 bits per heavy atom. The largest absolute Gasteiger partial charge is 0.233 e. The molecule has 2 heterocycles. The topological polar surface area (TPSA) is 51.6 Å². The second-order valence-corrected chi connectivity index (χ2v) is 18.4. The minimum atomic E-state index is -0.272. The van der Waals surface area contributed by atoms with Gasteiger partial charge in [-0.3, -0.25) is 0 Å². The molecule has 10 aromatic rings. The molecule has 0 saturated heterocycles. The Hall–Kier alpha value is -8.08. The summed E-state index contributed by atoms with van der Waals surface area (Å²) in [6.07, 6.45) is 12.9. The SMILES string of the molecule is CC/C=c1/cccc/c1=C/Cc1cc(-c2ccc(C(C)(C)c3ccc(-c4cc(-c5ccc6ccccc6c5)nc(-c5ccc6c(c5)C=CCC6)n4)cc3)cc2)nc(-c2ccc3ccccc3c2)n1. The normalized spacial score (nSPS) is 13.0. The van der Waals surface area contributed by atoms with Crippen molar-refractivity contribution in [2.24, 2.45) is 0 Å². The molecule has 0 radical (unpaired) electrons. The van der Waals surface area contributed by atoms with Crippen molar-refractivity contribution < 1.29 is 0 Å². The molecular weight excluding hydrogens is 825 g/mol. The highest BCUT2D eigenvalue weighted by Gasteiger charge is 2.24. The van der Waals surface area contributed by atoms with Crippen molar-refractivity contribution in [2.75, 3.05) is 0 Å². The van der Waals surface area contributed by atoms with Gasteiger partial charge in [0.2, 0.25) is 0 Å². The molecule has 0 aliphatic heterocycles. The highest BCUT2D eigenvalue weighted by molar-refractivity contribution is 5.88. The number of benzene rings is 8. The first-order valence-corrected chi connectivity index (χ1v) is 23.9. The van der Waals surface area contributed by atoms with Crippen LogP contribution in [-0.4, -0.2) is 19.9 Å². The van der Waals surface area contributed by atoms with Crippen molar-refractivity contribution in [3.8, 4) is 56.5 Å². The monoisotopic (exact) mass is 876 g/mol. The number of nitrogens with zero attached hydrogens (tertiary/aromatic N) is 4. The molecular formula is C64H52N4. The predicted octanol–water partition coefficient (Wildman–Crippen LogP) is 14.4. The lowest BCUT2D eigenvalue weighted by Crippen LogP contribution is -2.23. The third-order valence-corrected chi connectivity index (χ3v) is 13.6. The van der Waals surface area contributed by atoms with Crippen LogP contribution >= 0.6 is 0 Å². The fourth-order valence-corrected chi connectivity index (χ4v) is 9.59. The zero-order valence-corrected chi connectivity index (χ0v) is 38.8. The van der Waals surface area contributed by atoms with E-state index in [2.05, 4.69) is 233 Å². The number of rotatable bonds is 10. The van der Waals surface area contributed by atoms with Crippen LogP contribution in [0.15, 0.2) is 194 Å². The molecule has 68 heavy (non-hydrogen) atoms. The van der Waals surface area contributed by atoms with E-state index in [9.17, 15) is 0 Å². The molecule has 4 nitrogen and oxygen atoms in total. The van der Waals surface area contributed by atoms with Gasteiger partial charge in [0, 0.05) is 45.3 Å². The first kappa shape index (κ1) is 42.5. The highest BCUT2D eigenvalue weighted by Crippen LogP contribution is 2.36. The summed E-state index contributed by atoms with van der Waals surface area (Å²) in [7, 11) is 0. The predicted molar refractivity (Wildman–Crippen MR) is 284 cm³/mol. The van der Waals surface area contributed by atoms with Crippen LogP contribution in [0.2, 0.25) is 0 Å². The summed E-state index contributed by atoms with van der Waals surface area (Å²) in [5.41, 5.74) is 13.7. The number of aromatic nitrogens is 4. The summed E-state index contributed by atoms with van der Waals surface area (Å²) in [5, 5.41) is 7.24. The van der Waals surface area contributed by atoms with Gasteiger partial charge in [0.15, 0.2) is 11.6 Å². The lowest BCUT2D eigenvalue weighted by Gasteiger charge is -2.26. The van der Waals surface area contributed by atoms with Crippen molar-refractivity contribution in [2.45, 2.75) is 51.9 Å². The maximum atomic E-state index is 5.23. The Labute approximate surface area is 398 Å². The van der Waals surface area contributed by atoms with E-state index in [0.29, 0.717) is 6.42 Å². The van der Waals surface area contributed by atoms with Gasteiger partial charge < -0.3 is 0 Å². The molecule has 0 saturated carbocycles. The molecule has 0 unspecified atom stereocenters. The highest BCUT2D eigenvalue weighted by atomic mass is 14.9. The molecule has 1 aliphatic rings. The summed E-state index contributed by atoms with van der Waals surface area (Å²) in [6, 6.07) is 67.4. The standard InChI is InChI=1S/C64H52N4/c1-4-13-43-14-5-6-15-44(43)32-37-58-41-59(66-62(65-58)54-26-23-46-17-8-11-20-51(46)39-54)48-28-33-56(34-29-48)64(2,3)57-35-30-49(31-36-57)60-42-61(53-25-22-45-16-7-10-19-50(45)38-53)68-63(67-60)55-27-24-47-18-9-12-21-52(47)40-55/h5-8,10-17,19-36,38-42H,4,9,18,37H2,1-3H3/b43-13-,44-32-. The lowest BCUT2D eigenvalue weighted by molar-refractivity contribution is 0.641. The van der Waals surface area contributed by atoms with Gasteiger partial charge in [0.25, 0.3) is 0 Å². The Balaban J connectivity index is 0.915. The fraction of sp³-hybridized carbons (Fsp3) is 0.125. The number of hydrogen-bond acceptors (Lipinski definition) is 4. The van der Waals surface area contributed by atoms with E-state index < -0.39 is 0 Å². The van der Waals surface area contributed by atoms with Crippen LogP contribution in [0.3, 0.4) is 0 Å². The number of allylic oxidation sites excluding steroid dienone is 1. The zero-order valence-electron chi connectivity index (χ0n) is 38.8.